The van der Waals surface area contributed by atoms with Crippen molar-refractivity contribution < 1.29 is 0 Å². The van der Waals surface area contributed by atoms with Gasteiger partial charge in [-0.1, -0.05) is 182 Å². The van der Waals surface area contributed by atoms with E-state index in [-0.39, 0.29) is 0 Å². The van der Waals surface area contributed by atoms with Crippen LogP contribution in [0.5, 0.6) is 0 Å². The molecule has 0 bridgehead atoms. The molecule has 0 N–H and O–H groups in total. The van der Waals surface area contributed by atoms with Gasteiger partial charge in [0.1, 0.15) is 0 Å². The Morgan fingerprint density at radius 1 is 0.170 bits per heavy atom. The second-order valence-electron chi connectivity index (χ2n) is 21.4. The minimum atomic E-state index is 0.650. The lowest BCUT2D eigenvalue weighted by molar-refractivity contribution is 1.07. The Labute approximate surface area is 507 Å². The highest BCUT2D eigenvalue weighted by Gasteiger charge is 2.16. The van der Waals surface area contributed by atoms with Gasteiger partial charge in [0.25, 0.3) is 0 Å². The minimum absolute atomic E-state index is 0.650. The van der Waals surface area contributed by atoms with Gasteiger partial charge in [-0.2, -0.15) is 0 Å². The lowest BCUT2D eigenvalue weighted by atomic mass is 9.98. The molecule has 16 rings (SSSR count). The molecule has 0 aliphatic heterocycles. The molecule has 412 valence electrons. The first kappa shape index (κ1) is 52.6. The molecule has 0 saturated heterocycles. The zero-order valence-corrected chi connectivity index (χ0v) is 47.3. The van der Waals surface area contributed by atoms with Gasteiger partial charge in [0.15, 0.2) is 34.9 Å². The van der Waals surface area contributed by atoms with Gasteiger partial charge in [0.05, 0.1) is 11.4 Å². The van der Waals surface area contributed by atoms with Crippen LogP contribution in [0, 0.1) is 0 Å². The van der Waals surface area contributed by atoms with Crippen LogP contribution in [0.25, 0.3) is 156 Å². The molecule has 0 aliphatic rings. The third-order valence-electron chi connectivity index (χ3n) is 15.6. The van der Waals surface area contributed by atoms with Crippen molar-refractivity contribution in [2.75, 3.05) is 0 Å². The summed E-state index contributed by atoms with van der Waals surface area (Å²) in [6.07, 6.45) is 11.0. The fourth-order valence-corrected chi connectivity index (χ4v) is 11.0. The fourth-order valence-electron chi connectivity index (χ4n) is 11.0. The number of fused-ring (bicyclic) bond motifs is 4. The van der Waals surface area contributed by atoms with E-state index in [4.69, 9.17) is 34.9 Å². The van der Waals surface area contributed by atoms with E-state index in [0.29, 0.717) is 34.9 Å². The zero-order chi connectivity index (χ0) is 58.6. The topological polar surface area (TPSA) is 129 Å². The van der Waals surface area contributed by atoms with E-state index in [0.717, 1.165) is 99.7 Å². The molecule has 0 aliphatic carbocycles. The van der Waals surface area contributed by atoms with E-state index >= 15 is 0 Å². The Bertz CT molecular complexity index is 4710. The number of hydrogen-bond donors (Lipinski definition) is 0. The number of rotatable bonds is 10. The van der Waals surface area contributed by atoms with Crippen molar-refractivity contribution in [3.8, 4) is 113 Å². The molecule has 0 amide bonds. The molecular weight excluding hydrogens is 1080 g/mol. The monoisotopic (exact) mass is 1130 g/mol. The van der Waals surface area contributed by atoms with Crippen LogP contribution in [-0.2, 0) is 0 Å². The molecule has 0 saturated carbocycles. The standard InChI is InChI=1S/2C39H25N5/c1-3-8-26(9-4-1)37-42-38(27-10-5-2-6-11-27)44-39(43-37)31-16-15-30-21-34-20-28(13-14-29(34)22-35(30)23-31)32-17-18-36(41-25-32)33-12-7-19-40-24-33;1-3-7-27(8-4-1)37-42-38(28-9-5-2-6-10-28)44-39(43-37)32-14-13-31-22-34-21-29(11-12-30(34)23-35(31)24-32)33-15-16-36(41-25-33)26-17-19-40-20-18-26/h2*1-25H. The predicted octanol–water partition coefficient (Wildman–Crippen LogP) is 18.6. The summed E-state index contributed by atoms with van der Waals surface area (Å²) in [6, 6.07) is 91.4. The van der Waals surface area contributed by atoms with Gasteiger partial charge in [-0.15, -0.1) is 0 Å². The summed E-state index contributed by atoms with van der Waals surface area (Å²) < 4.78 is 0. The predicted molar refractivity (Wildman–Crippen MR) is 355 cm³/mol. The van der Waals surface area contributed by atoms with E-state index < -0.39 is 0 Å². The number of pyridine rings is 4. The number of hydrogen-bond acceptors (Lipinski definition) is 10. The lowest BCUT2D eigenvalue weighted by Crippen LogP contribution is -2.00. The number of aromatic nitrogens is 10. The first-order chi connectivity index (χ1) is 43.5. The van der Waals surface area contributed by atoms with Crippen LogP contribution in [0.3, 0.4) is 0 Å². The quantitative estimate of drug-likeness (QED) is 0.122. The van der Waals surface area contributed by atoms with Crippen molar-refractivity contribution in [3.63, 3.8) is 0 Å². The Hall–Kier alpha value is -12.1. The van der Waals surface area contributed by atoms with Gasteiger partial charge < -0.3 is 0 Å². The van der Waals surface area contributed by atoms with Crippen LogP contribution in [0.1, 0.15) is 0 Å². The average molecular weight is 1130 g/mol. The maximum absolute atomic E-state index is 4.91. The molecule has 0 atom stereocenters. The Morgan fingerprint density at radius 2 is 0.489 bits per heavy atom. The molecule has 10 heteroatoms. The molecule has 10 nitrogen and oxygen atoms in total. The SMILES string of the molecule is c1ccc(-c2nc(-c3ccccc3)nc(-c3ccc4cc5cc(-c6ccc(-c7cccnc7)nc6)ccc5cc4c3)n2)cc1.c1ccc(-c2nc(-c3ccccc3)nc(-c3ccc4cc5cc(-c6ccc(-c7ccncc7)nc6)ccc5cc4c3)n2)cc1. The maximum atomic E-state index is 4.91. The molecule has 0 radical (unpaired) electrons. The summed E-state index contributed by atoms with van der Waals surface area (Å²) in [5, 5.41) is 9.28. The average Bonchev–Trinajstić information content (AvgIpc) is 1.99. The van der Waals surface area contributed by atoms with Gasteiger partial charge in [-0.05, 0) is 139 Å². The van der Waals surface area contributed by atoms with Crippen molar-refractivity contribution in [1.82, 2.24) is 49.8 Å². The van der Waals surface area contributed by atoms with Gasteiger partial charge in [-0.25, -0.2) is 29.9 Å². The molecule has 0 spiro atoms. The summed E-state index contributed by atoms with van der Waals surface area (Å²) in [4.78, 5) is 47.0. The minimum Gasteiger partial charge on any atom is -0.265 e. The van der Waals surface area contributed by atoms with Crippen molar-refractivity contribution in [3.05, 3.63) is 304 Å². The molecule has 6 heterocycles. The van der Waals surface area contributed by atoms with Crippen LogP contribution in [0.2, 0.25) is 0 Å². The van der Waals surface area contributed by atoms with E-state index in [2.05, 4.69) is 130 Å². The highest BCUT2D eigenvalue weighted by Crippen LogP contribution is 2.35. The maximum Gasteiger partial charge on any atom is 0.164 e. The van der Waals surface area contributed by atoms with Gasteiger partial charge in [-0.3, -0.25) is 19.9 Å². The highest BCUT2D eigenvalue weighted by atomic mass is 15.0. The van der Waals surface area contributed by atoms with Gasteiger partial charge in [0.2, 0.25) is 0 Å². The molecule has 6 aromatic heterocycles. The number of benzene rings is 10. The van der Waals surface area contributed by atoms with E-state index in [1.54, 1.807) is 18.6 Å². The Morgan fingerprint density at radius 3 is 0.830 bits per heavy atom. The summed E-state index contributed by atoms with van der Waals surface area (Å²) in [7, 11) is 0. The summed E-state index contributed by atoms with van der Waals surface area (Å²) in [5.41, 5.74) is 14.1. The Balaban J connectivity index is 0.000000148. The zero-order valence-electron chi connectivity index (χ0n) is 47.3. The van der Waals surface area contributed by atoms with Crippen molar-refractivity contribution in [2.45, 2.75) is 0 Å². The van der Waals surface area contributed by atoms with Crippen molar-refractivity contribution >= 4 is 43.1 Å². The first-order valence-electron chi connectivity index (χ1n) is 29.0. The summed E-state index contributed by atoms with van der Waals surface area (Å²) >= 11 is 0. The van der Waals surface area contributed by atoms with Crippen LogP contribution >= 0.6 is 0 Å². The van der Waals surface area contributed by atoms with E-state index in [9.17, 15) is 0 Å². The first-order valence-corrected chi connectivity index (χ1v) is 29.0. The molecule has 16 aromatic rings. The van der Waals surface area contributed by atoms with Gasteiger partial charge >= 0.3 is 0 Å². The molecule has 88 heavy (non-hydrogen) atoms. The highest BCUT2D eigenvalue weighted by molar-refractivity contribution is 6.02. The summed E-state index contributed by atoms with van der Waals surface area (Å²) in [5.74, 6) is 3.93. The van der Waals surface area contributed by atoms with Crippen molar-refractivity contribution in [2.24, 2.45) is 0 Å². The number of nitrogens with zero attached hydrogens (tertiary/aromatic N) is 10. The second-order valence-corrected chi connectivity index (χ2v) is 21.4. The van der Waals surface area contributed by atoms with Crippen LogP contribution in [0.4, 0.5) is 0 Å². The summed E-state index contributed by atoms with van der Waals surface area (Å²) in [6.45, 7) is 0. The normalized spacial score (nSPS) is 11.2. The smallest absolute Gasteiger partial charge is 0.164 e. The molecule has 0 unspecified atom stereocenters. The second kappa shape index (κ2) is 23.5. The van der Waals surface area contributed by atoms with Crippen LogP contribution in [-0.4, -0.2) is 49.8 Å². The molecular formula is C78H50N10. The largest absolute Gasteiger partial charge is 0.265 e. The third-order valence-corrected chi connectivity index (χ3v) is 15.6. The Kier molecular flexibility index (Phi) is 14.1. The molecule has 0 fully saturated rings. The van der Waals surface area contributed by atoms with E-state index in [1.165, 1.54) is 21.5 Å². The van der Waals surface area contributed by atoms with E-state index in [1.807, 2.05) is 170 Å². The molecule has 10 aromatic carbocycles. The van der Waals surface area contributed by atoms with Crippen LogP contribution in [0.15, 0.2) is 304 Å². The lowest BCUT2D eigenvalue weighted by Gasteiger charge is -2.10. The van der Waals surface area contributed by atoms with Crippen LogP contribution < -0.4 is 0 Å². The van der Waals surface area contributed by atoms with Gasteiger partial charge in [0, 0.05) is 92.8 Å². The third kappa shape index (κ3) is 11.1. The fraction of sp³-hybridized carbons (Fsp3) is 0. The van der Waals surface area contributed by atoms with Crippen molar-refractivity contribution in [1.29, 1.82) is 0 Å².